The minimum absolute atomic E-state index is 0.175. The van der Waals surface area contributed by atoms with Crippen LogP contribution in [-0.4, -0.2) is 24.0 Å². The van der Waals surface area contributed by atoms with Gasteiger partial charge in [0.25, 0.3) is 0 Å². The fraction of sp³-hybridized carbons (Fsp3) is 0.273. The molecule has 2 aromatic rings. The van der Waals surface area contributed by atoms with E-state index >= 15 is 0 Å². The second-order valence-corrected chi connectivity index (χ2v) is 3.82. The highest BCUT2D eigenvalue weighted by molar-refractivity contribution is 6.16. The zero-order valence-electron chi connectivity index (χ0n) is 9.47. The molecule has 0 radical (unpaired) electrons. The van der Waals surface area contributed by atoms with Gasteiger partial charge >= 0.3 is 0 Å². The highest BCUT2D eigenvalue weighted by atomic mass is 35.5. The molecule has 3 rings (SSSR count). The van der Waals surface area contributed by atoms with Gasteiger partial charge in [-0.3, -0.25) is 0 Å². The van der Waals surface area contributed by atoms with Crippen molar-refractivity contribution in [2.45, 2.75) is 5.88 Å². The molecule has 1 aromatic carbocycles. The van der Waals surface area contributed by atoms with Crippen molar-refractivity contribution >= 4 is 11.6 Å². The SMILES string of the molecule is COc1cc(-c2noc(CCl)n2)cc2c1OCO2. The molecular formula is C11H9ClN2O4. The van der Waals surface area contributed by atoms with Gasteiger partial charge in [0.2, 0.25) is 24.3 Å². The molecule has 0 saturated carbocycles. The Bertz CT molecular complexity index is 584. The lowest BCUT2D eigenvalue weighted by atomic mass is 10.1. The highest BCUT2D eigenvalue weighted by Crippen LogP contribution is 2.43. The zero-order chi connectivity index (χ0) is 12.5. The summed E-state index contributed by atoms with van der Waals surface area (Å²) >= 11 is 5.61. The monoisotopic (exact) mass is 268 g/mol. The van der Waals surface area contributed by atoms with Gasteiger partial charge < -0.3 is 18.7 Å². The van der Waals surface area contributed by atoms with Crippen molar-refractivity contribution in [3.05, 3.63) is 18.0 Å². The van der Waals surface area contributed by atoms with E-state index in [4.69, 9.17) is 30.3 Å². The summed E-state index contributed by atoms with van der Waals surface area (Å²) in [5, 5.41) is 3.84. The minimum Gasteiger partial charge on any atom is -0.493 e. The van der Waals surface area contributed by atoms with Crippen LogP contribution in [0.3, 0.4) is 0 Å². The Kier molecular flexibility index (Phi) is 2.71. The molecule has 2 heterocycles. The van der Waals surface area contributed by atoms with Crippen LogP contribution < -0.4 is 14.2 Å². The molecule has 0 fully saturated rings. The van der Waals surface area contributed by atoms with Crippen LogP contribution in [0.5, 0.6) is 17.2 Å². The summed E-state index contributed by atoms with van der Waals surface area (Å²) in [7, 11) is 1.56. The lowest BCUT2D eigenvalue weighted by Gasteiger charge is -2.05. The van der Waals surface area contributed by atoms with E-state index in [2.05, 4.69) is 10.1 Å². The predicted octanol–water partition coefficient (Wildman–Crippen LogP) is 2.21. The number of benzene rings is 1. The van der Waals surface area contributed by atoms with Crippen molar-refractivity contribution in [1.29, 1.82) is 0 Å². The van der Waals surface area contributed by atoms with Crippen LogP contribution >= 0.6 is 11.6 Å². The van der Waals surface area contributed by atoms with Gasteiger partial charge in [0.05, 0.1) is 7.11 Å². The number of halogens is 1. The molecule has 1 aliphatic heterocycles. The fourth-order valence-corrected chi connectivity index (χ4v) is 1.79. The van der Waals surface area contributed by atoms with Crippen LogP contribution in [0, 0.1) is 0 Å². The van der Waals surface area contributed by atoms with Crippen LogP contribution in [0.25, 0.3) is 11.4 Å². The van der Waals surface area contributed by atoms with Gasteiger partial charge in [0, 0.05) is 5.56 Å². The van der Waals surface area contributed by atoms with E-state index in [1.165, 1.54) is 0 Å². The van der Waals surface area contributed by atoms with Gasteiger partial charge in [-0.1, -0.05) is 5.16 Å². The van der Waals surface area contributed by atoms with Crippen molar-refractivity contribution < 1.29 is 18.7 Å². The quantitative estimate of drug-likeness (QED) is 0.795. The van der Waals surface area contributed by atoms with Crippen molar-refractivity contribution in [1.82, 2.24) is 10.1 Å². The minimum atomic E-state index is 0.175. The number of aromatic nitrogens is 2. The van der Waals surface area contributed by atoms with Gasteiger partial charge in [-0.25, -0.2) is 0 Å². The Hall–Kier alpha value is -1.95. The average Bonchev–Trinajstić information content (AvgIpc) is 3.05. The first-order valence-electron chi connectivity index (χ1n) is 5.18. The third kappa shape index (κ3) is 1.74. The van der Waals surface area contributed by atoms with E-state index in [-0.39, 0.29) is 12.7 Å². The standard InChI is InChI=1S/C11H9ClN2O4/c1-15-7-2-6(3-8-10(7)17-5-16-8)11-13-9(4-12)18-14-11/h2-3H,4-5H2,1H3. The van der Waals surface area contributed by atoms with E-state index in [0.29, 0.717) is 29.0 Å². The maximum absolute atomic E-state index is 5.61. The summed E-state index contributed by atoms with van der Waals surface area (Å²) in [6, 6.07) is 3.53. The van der Waals surface area contributed by atoms with Gasteiger partial charge in [-0.15, -0.1) is 11.6 Å². The Balaban J connectivity index is 2.07. The Morgan fingerprint density at radius 2 is 2.28 bits per heavy atom. The number of methoxy groups -OCH3 is 1. The van der Waals surface area contributed by atoms with E-state index in [1.807, 2.05) is 0 Å². The smallest absolute Gasteiger partial charge is 0.241 e. The third-order valence-electron chi connectivity index (χ3n) is 2.50. The molecule has 0 N–H and O–H groups in total. The summed E-state index contributed by atoms with van der Waals surface area (Å²) < 4.78 is 20.8. The molecule has 7 heteroatoms. The predicted molar refractivity (Wildman–Crippen MR) is 62.0 cm³/mol. The summed E-state index contributed by atoms with van der Waals surface area (Å²) in [5.74, 6) is 2.72. The first-order valence-corrected chi connectivity index (χ1v) is 5.72. The largest absolute Gasteiger partial charge is 0.493 e. The average molecular weight is 269 g/mol. The summed E-state index contributed by atoms with van der Waals surface area (Å²) in [6.07, 6.45) is 0. The number of fused-ring (bicyclic) bond motifs is 1. The Morgan fingerprint density at radius 1 is 1.39 bits per heavy atom. The molecule has 1 aliphatic rings. The Labute approximate surface area is 107 Å². The van der Waals surface area contributed by atoms with Crippen molar-refractivity contribution in [2.75, 3.05) is 13.9 Å². The molecule has 1 aromatic heterocycles. The first-order chi connectivity index (χ1) is 8.81. The van der Waals surface area contributed by atoms with Crippen LogP contribution in [0.4, 0.5) is 0 Å². The van der Waals surface area contributed by atoms with Gasteiger partial charge in [0.1, 0.15) is 5.88 Å². The molecule has 0 bridgehead atoms. The molecule has 0 saturated heterocycles. The number of hydrogen-bond donors (Lipinski definition) is 0. The Morgan fingerprint density at radius 3 is 3.00 bits per heavy atom. The van der Waals surface area contributed by atoms with E-state index in [0.717, 1.165) is 5.56 Å². The number of hydrogen-bond acceptors (Lipinski definition) is 6. The second-order valence-electron chi connectivity index (χ2n) is 3.56. The van der Waals surface area contributed by atoms with Crippen LogP contribution in [-0.2, 0) is 5.88 Å². The zero-order valence-corrected chi connectivity index (χ0v) is 10.2. The second kappa shape index (κ2) is 4.38. The molecular weight excluding hydrogens is 260 g/mol. The number of rotatable bonds is 3. The molecule has 0 atom stereocenters. The van der Waals surface area contributed by atoms with E-state index in [9.17, 15) is 0 Å². The van der Waals surface area contributed by atoms with E-state index in [1.54, 1.807) is 19.2 Å². The first kappa shape index (κ1) is 11.2. The molecule has 0 amide bonds. The fourth-order valence-electron chi connectivity index (χ4n) is 1.69. The number of nitrogens with zero attached hydrogens (tertiary/aromatic N) is 2. The summed E-state index contributed by atoms with van der Waals surface area (Å²) in [5.41, 5.74) is 0.719. The number of alkyl halides is 1. The normalized spacial score (nSPS) is 12.8. The lowest BCUT2D eigenvalue weighted by molar-refractivity contribution is 0.171. The highest BCUT2D eigenvalue weighted by Gasteiger charge is 2.22. The molecule has 0 aliphatic carbocycles. The molecule has 94 valence electrons. The van der Waals surface area contributed by atoms with Gasteiger partial charge in [0.15, 0.2) is 11.5 Å². The van der Waals surface area contributed by atoms with Crippen molar-refractivity contribution in [3.63, 3.8) is 0 Å². The van der Waals surface area contributed by atoms with Crippen molar-refractivity contribution in [3.8, 4) is 28.6 Å². The van der Waals surface area contributed by atoms with Crippen LogP contribution in [0.2, 0.25) is 0 Å². The number of ether oxygens (including phenoxy) is 3. The molecule has 0 unspecified atom stereocenters. The van der Waals surface area contributed by atoms with Gasteiger partial charge in [-0.2, -0.15) is 4.98 Å². The van der Waals surface area contributed by atoms with Crippen molar-refractivity contribution in [2.24, 2.45) is 0 Å². The topological polar surface area (TPSA) is 66.6 Å². The molecule has 18 heavy (non-hydrogen) atoms. The summed E-state index contributed by atoms with van der Waals surface area (Å²) in [4.78, 5) is 4.14. The molecule has 0 spiro atoms. The summed E-state index contributed by atoms with van der Waals surface area (Å²) in [6.45, 7) is 0.175. The third-order valence-corrected chi connectivity index (χ3v) is 2.73. The van der Waals surface area contributed by atoms with Crippen LogP contribution in [0.15, 0.2) is 16.7 Å². The lowest BCUT2D eigenvalue weighted by Crippen LogP contribution is -1.93. The maximum atomic E-state index is 5.61. The molecule has 6 nitrogen and oxygen atoms in total. The van der Waals surface area contributed by atoms with E-state index < -0.39 is 0 Å². The van der Waals surface area contributed by atoms with Gasteiger partial charge in [-0.05, 0) is 12.1 Å². The maximum Gasteiger partial charge on any atom is 0.241 e. The van der Waals surface area contributed by atoms with Crippen LogP contribution in [0.1, 0.15) is 5.89 Å².